The maximum Gasteiger partial charge on any atom is 0.379 e. The second-order valence-corrected chi connectivity index (χ2v) is 13.0. The Kier molecular flexibility index (Phi) is 8.44. The first-order valence-electron chi connectivity index (χ1n) is 12.9. The van der Waals surface area contributed by atoms with Gasteiger partial charge in [0, 0.05) is 4.90 Å². The first-order valence-corrected chi connectivity index (χ1v) is 15.3. The van der Waals surface area contributed by atoms with Gasteiger partial charge in [0.1, 0.15) is 0 Å². The predicted molar refractivity (Wildman–Crippen MR) is 131 cm³/mol. The lowest BCUT2D eigenvalue weighted by atomic mass is 9.76. The lowest BCUT2D eigenvalue weighted by Crippen LogP contribution is -2.31. The number of benzene rings is 1. The Morgan fingerprint density at radius 3 is 1.55 bits per heavy atom. The van der Waals surface area contributed by atoms with Gasteiger partial charge in [-0.05, 0) is 73.0 Å². The standard InChI is InChI=1S/C26H38F2O3S2/c27-26(28,33(29,30)31)18-32-25-23(20-12-6-2-7-13-20)16-22(19-10-4-1-5-11-19)17-24(25)21-14-8-3-9-15-21/h16-17,19-21H,1-15,18H2,(H,29,30,31). The van der Waals surface area contributed by atoms with Gasteiger partial charge in [-0.25, -0.2) is 0 Å². The molecular weight excluding hydrogens is 462 g/mol. The zero-order valence-corrected chi connectivity index (χ0v) is 21.2. The molecule has 3 fully saturated rings. The topological polar surface area (TPSA) is 54.4 Å². The number of hydrogen-bond donors (Lipinski definition) is 1. The number of thioether (sulfide) groups is 1. The number of rotatable bonds is 7. The molecule has 1 N–H and O–H groups in total. The lowest BCUT2D eigenvalue weighted by Gasteiger charge is -2.32. The Bertz CT molecular complexity index is 859. The molecule has 3 nitrogen and oxygen atoms in total. The van der Waals surface area contributed by atoms with Crippen LogP contribution in [0.3, 0.4) is 0 Å². The molecule has 4 rings (SSSR count). The number of hydrogen-bond acceptors (Lipinski definition) is 3. The molecule has 0 bridgehead atoms. The molecule has 0 atom stereocenters. The van der Waals surface area contributed by atoms with Crippen LogP contribution in [0.25, 0.3) is 0 Å². The highest BCUT2D eigenvalue weighted by atomic mass is 32.2. The van der Waals surface area contributed by atoms with Crippen molar-refractivity contribution < 1.29 is 21.8 Å². The van der Waals surface area contributed by atoms with E-state index in [4.69, 9.17) is 4.55 Å². The van der Waals surface area contributed by atoms with E-state index in [2.05, 4.69) is 12.1 Å². The maximum absolute atomic E-state index is 14.3. The highest BCUT2D eigenvalue weighted by Crippen LogP contribution is 2.48. The van der Waals surface area contributed by atoms with E-state index in [1.54, 1.807) is 0 Å². The van der Waals surface area contributed by atoms with Gasteiger partial charge in [-0.1, -0.05) is 69.9 Å². The smallest absolute Gasteiger partial charge is 0.281 e. The van der Waals surface area contributed by atoms with Crippen LogP contribution in [0.5, 0.6) is 0 Å². The molecule has 1 aromatic carbocycles. The Morgan fingerprint density at radius 2 is 1.15 bits per heavy atom. The summed E-state index contributed by atoms with van der Waals surface area (Å²) in [7, 11) is -5.43. The summed E-state index contributed by atoms with van der Waals surface area (Å²) in [6.45, 7) is 0. The van der Waals surface area contributed by atoms with Crippen LogP contribution in [0.4, 0.5) is 8.78 Å². The number of alkyl halides is 2. The molecule has 0 saturated heterocycles. The van der Waals surface area contributed by atoms with Crippen LogP contribution in [-0.4, -0.2) is 24.0 Å². The van der Waals surface area contributed by atoms with Gasteiger partial charge in [-0.15, -0.1) is 11.8 Å². The summed E-state index contributed by atoms with van der Waals surface area (Å²) in [6.07, 6.45) is 17.5. The van der Waals surface area contributed by atoms with Crippen LogP contribution < -0.4 is 0 Å². The molecule has 0 radical (unpaired) electrons. The van der Waals surface area contributed by atoms with Crippen LogP contribution in [0.15, 0.2) is 17.0 Å². The molecule has 0 spiro atoms. The molecule has 0 heterocycles. The molecule has 0 unspecified atom stereocenters. The first-order chi connectivity index (χ1) is 15.8. The zero-order valence-electron chi connectivity index (χ0n) is 19.5. The monoisotopic (exact) mass is 500 g/mol. The minimum absolute atomic E-state index is 0.353. The van der Waals surface area contributed by atoms with Crippen molar-refractivity contribution in [2.24, 2.45) is 0 Å². The highest BCUT2D eigenvalue weighted by Gasteiger charge is 2.44. The molecule has 186 valence electrons. The van der Waals surface area contributed by atoms with E-state index in [1.807, 2.05) is 0 Å². The van der Waals surface area contributed by atoms with E-state index in [0.29, 0.717) is 17.8 Å². The van der Waals surface area contributed by atoms with Crippen LogP contribution in [0.2, 0.25) is 0 Å². The van der Waals surface area contributed by atoms with Gasteiger partial charge >= 0.3 is 15.4 Å². The average Bonchev–Trinajstić information content (AvgIpc) is 2.83. The summed E-state index contributed by atoms with van der Waals surface area (Å²) in [6, 6.07) is 4.60. The van der Waals surface area contributed by atoms with Gasteiger partial charge in [0.15, 0.2) is 0 Å². The van der Waals surface area contributed by atoms with Crippen LogP contribution in [0, 0.1) is 0 Å². The van der Waals surface area contributed by atoms with Crippen molar-refractivity contribution in [1.29, 1.82) is 0 Å². The van der Waals surface area contributed by atoms with Crippen molar-refractivity contribution in [2.45, 2.75) is 124 Å². The average molecular weight is 501 g/mol. The SMILES string of the molecule is O=S(=O)(O)C(F)(F)CSc1c(C2CCCCC2)cc(C2CCCCC2)cc1C1CCCCC1. The van der Waals surface area contributed by atoms with Crippen molar-refractivity contribution in [3.8, 4) is 0 Å². The molecule has 3 aliphatic rings. The zero-order chi connectivity index (χ0) is 23.5. The van der Waals surface area contributed by atoms with Crippen LogP contribution in [-0.2, 0) is 10.1 Å². The van der Waals surface area contributed by atoms with Crippen molar-refractivity contribution in [3.63, 3.8) is 0 Å². The van der Waals surface area contributed by atoms with Gasteiger partial charge in [0.2, 0.25) is 0 Å². The van der Waals surface area contributed by atoms with E-state index in [-0.39, 0.29) is 0 Å². The van der Waals surface area contributed by atoms with Crippen LogP contribution >= 0.6 is 11.8 Å². The van der Waals surface area contributed by atoms with E-state index in [1.165, 1.54) is 61.6 Å². The summed E-state index contributed by atoms with van der Waals surface area (Å²) in [5, 5.41) is -4.15. The summed E-state index contributed by atoms with van der Waals surface area (Å²) in [5.74, 6) is 0.313. The lowest BCUT2D eigenvalue weighted by molar-refractivity contribution is 0.107. The van der Waals surface area contributed by atoms with Gasteiger partial charge in [-0.2, -0.15) is 17.2 Å². The summed E-state index contributed by atoms with van der Waals surface area (Å²) in [4.78, 5) is 0.886. The minimum Gasteiger partial charge on any atom is -0.281 e. The maximum atomic E-state index is 14.3. The second-order valence-electron chi connectivity index (χ2n) is 10.4. The van der Waals surface area contributed by atoms with Crippen molar-refractivity contribution >= 4 is 21.9 Å². The van der Waals surface area contributed by atoms with Gasteiger partial charge in [0.25, 0.3) is 0 Å². The molecule has 7 heteroatoms. The predicted octanol–water partition coefficient (Wildman–Crippen LogP) is 8.40. The quantitative estimate of drug-likeness (QED) is 0.302. The number of halogens is 2. The molecule has 33 heavy (non-hydrogen) atoms. The molecule has 0 aromatic heterocycles. The van der Waals surface area contributed by atoms with E-state index in [0.717, 1.165) is 68.0 Å². The molecule has 3 aliphatic carbocycles. The fourth-order valence-electron chi connectivity index (χ4n) is 6.20. The van der Waals surface area contributed by atoms with Crippen molar-refractivity contribution in [1.82, 2.24) is 0 Å². The normalized spacial score (nSPS) is 22.5. The molecule has 1 aromatic rings. The molecular formula is C26H38F2O3S2. The molecule has 3 saturated carbocycles. The Balaban J connectivity index is 1.77. The first kappa shape index (κ1) is 25.4. The van der Waals surface area contributed by atoms with E-state index >= 15 is 0 Å². The van der Waals surface area contributed by atoms with Gasteiger partial charge in [0.05, 0.1) is 5.75 Å². The minimum atomic E-state index is -5.43. The summed E-state index contributed by atoms with van der Waals surface area (Å²) in [5.41, 5.74) is 3.73. The summed E-state index contributed by atoms with van der Waals surface area (Å²) < 4.78 is 60.2. The largest absolute Gasteiger partial charge is 0.379 e. The summed E-state index contributed by atoms with van der Waals surface area (Å²) >= 11 is 0.961. The van der Waals surface area contributed by atoms with Crippen molar-refractivity contribution in [2.75, 3.05) is 5.75 Å². The van der Waals surface area contributed by atoms with Gasteiger partial charge in [-0.3, -0.25) is 4.55 Å². The fraction of sp³-hybridized carbons (Fsp3) is 0.769. The van der Waals surface area contributed by atoms with Crippen LogP contribution in [0.1, 0.15) is 131 Å². The third kappa shape index (κ3) is 6.13. The Labute approximate surface area is 202 Å². The Hall–Kier alpha value is -0.660. The molecule has 0 aliphatic heterocycles. The van der Waals surface area contributed by atoms with E-state index < -0.39 is 21.1 Å². The van der Waals surface area contributed by atoms with E-state index in [9.17, 15) is 17.2 Å². The third-order valence-corrected chi connectivity index (χ3v) is 10.4. The Morgan fingerprint density at radius 1 is 0.758 bits per heavy atom. The third-order valence-electron chi connectivity index (χ3n) is 8.10. The fourth-order valence-corrected chi connectivity index (χ4v) is 8.07. The van der Waals surface area contributed by atoms with Crippen molar-refractivity contribution in [3.05, 3.63) is 28.8 Å². The second kappa shape index (κ2) is 10.9. The van der Waals surface area contributed by atoms with Gasteiger partial charge < -0.3 is 0 Å². The highest BCUT2D eigenvalue weighted by molar-refractivity contribution is 8.00. The molecule has 0 amide bonds.